The summed E-state index contributed by atoms with van der Waals surface area (Å²) in [4.78, 5) is 8.17. The van der Waals surface area contributed by atoms with Gasteiger partial charge in [-0.15, -0.1) is 0 Å². The van der Waals surface area contributed by atoms with Crippen LogP contribution in [0.5, 0.6) is 0 Å². The van der Waals surface area contributed by atoms with E-state index in [1.165, 1.54) is 6.20 Å². The second-order valence-electron chi connectivity index (χ2n) is 3.77. The summed E-state index contributed by atoms with van der Waals surface area (Å²) in [6, 6.07) is 0.0945. The Balaban J connectivity index is 2.71. The molecule has 3 N–H and O–H groups in total. The number of aliphatic hydroxyl groups is 1. The molecule has 0 aliphatic heterocycles. The highest BCUT2D eigenvalue weighted by atomic mass is 35.5. The molecule has 0 radical (unpaired) electrons. The average molecular weight is 245 g/mol. The summed E-state index contributed by atoms with van der Waals surface area (Å²) >= 11 is 5.96. The van der Waals surface area contributed by atoms with Crippen LogP contribution in [-0.4, -0.2) is 34.3 Å². The van der Waals surface area contributed by atoms with Crippen molar-refractivity contribution in [1.29, 1.82) is 0 Å². The number of hydrogen-bond donors (Lipinski definition) is 3. The van der Waals surface area contributed by atoms with Crippen molar-refractivity contribution >= 4 is 23.4 Å². The lowest BCUT2D eigenvalue weighted by molar-refractivity contribution is 0.179. The zero-order valence-corrected chi connectivity index (χ0v) is 10.4. The zero-order valence-electron chi connectivity index (χ0n) is 9.66. The van der Waals surface area contributed by atoms with Crippen molar-refractivity contribution in [3.05, 3.63) is 11.2 Å². The van der Waals surface area contributed by atoms with Gasteiger partial charge in [0.25, 0.3) is 0 Å². The van der Waals surface area contributed by atoms with Crippen LogP contribution in [0.3, 0.4) is 0 Å². The number of hydrogen-bond acceptors (Lipinski definition) is 5. The van der Waals surface area contributed by atoms with Gasteiger partial charge in [-0.3, -0.25) is 0 Å². The van der Waals surface area contributed by atoms with Crippen molar-refractivity contribution in [1.82, 2.24) is 9.97 Å². The van der Waals surface area contributed by atoms with E-state index in [0.717, 1.165) is 0 Å². The minimum Gasteiger partial charge on any atom is -0.393 e. The molecule has 0 fully saturated rings. The molecule has 0 saturated carbocycles. The third-order valence-electron chi connectivity index (χ3n) is 2.05. The number of anilines is 2. The number of nitrogens with zero attached hydrogens (tertiary/aromatic N) is 2. The van der Waals surface area contributed by atoms with Gasteiger partial charge in [0.15, 0.2) is 5.82 Å². The first-order valence-corrected chi connectivity index (χ1v) is 5.55. The predicted molar refractivity (Wildman–Crippen MR) is 66.0 cm³/mol. The van der Waals surface area contributed by atoms with Crippen molar-refractivity contribution < 1.29 is 5.11 Å². The van der Waals surface area contributed by atoms with Gasteiger partial charge in [0.05, 0.1) is 12.3 Å². The van der Waals surface area contributed by atoms with Gasteiger partial charge in [-0.05, 0) is 20.3 Å². The third-order valence-corrected chi connectivity index (χ3v) is 2.32. The summed E-state index contributed by atoms with van der Waals surface area (Å²) in [6.45, 7) is 3.71. The first kappa shape index (κ1) is 13.0. The quantitative estimate of drug-likeness (QED) is 0.736. The largest absolute Gasteiger partial charge is 0.393 e. The third kappa shape index (κ3) is 3.83. The number of halogens is 1. The number of nitrogens with one attached hydrogen (secondary N) is 2. The molecule has 1 heterocycles. The maximum Gasteiger partial charge on any atom is 0.224 e. The lowest BCUT2D eigenvalue weighted by Crippen LogP contribution is -2.21. The van der Waals surface area contributed by atoms with E-state index in [1.807, 2.05) is 6.92 Å². The van der Waals surface area contributed by atoms with Crippen LogP contribution >= 0.6 is 11.6 Å². The number of rotatable bonds is 5. The molecular weight excluding hydrogens is 228 g/mol. The lowest BCUT2D eigenvalue weighted by atomic mass is 10.1. The van der Waals surface area contributed by atoms with Crippen LogP contribution < -0.4 is 10.6 Å². The van der Waals surface area contributed by atoms with Crippen molar-refractivity contribution in [2.24, 2.45) is 0 Å². The van der Waals surface area contributed by atoms with E-state index in [4.69, 9.17) is 11.6 Å². The Morgan fingerprint density at radius 2 is 2.19 bits per heavy atom. The van der Waals surface area contributed by atoms with Crippen LogP contribution in [-0.2, 0) is 0 Å². The molecule has 2 atom stereocenters. The molecule has 6 heteroatoms. The Bertz CT molecular complexity index is 346. The van der Waals surface area contributed by atoms with Crippen molar-refractivity contribution in [2.45, 2.75) is 32.4 Å². The molecule has 1 rings (SSSR count). The monoisotopic (exact) mass is 244 g/mol. The fourth-order valence-electron chi connectivity index (χ4n) is 1.39. The zero-order chi connectivity index (χ0) is 12.1. The lowest BCUT2D eigenvalue weighted by Gasteiger charge is -2.17. The Morgan fingerprint density at radius 1 is 1.50 bits per heavy atom. The van der Waals surface area contributed by atoms with Gasteiger partial charge >= 0.3 is 0 Å². The van der Waals surface area contributed by atoms with E-state index in [-0.39, 0.29) is 12.1 Å². The predicted octanol–water partition coefficient (Wildman–Crippen LogP) is 1.74. The smallest absolute Gasteiger partial charge is 0.224 e. The first-order valence-electron chi connectivity index (χ1n) is 5.17. The van der Waals surface area contributed by atoms with Crippen molar-refractivity contribution in [3.8, 4) is 0 Å². The molecule has 90 valence electrons. The summed E-state index contributed by atoms with van der Waals surface area (Å²) in [5.41, 5.74) is 0. The molecule has 0 aliphatic carbocycles. The first-order chi connectivity index (χ1) is 7.52. The van der Waals surface area contributed by atoms with Crippen molar-refractivity contribution in [3.63, 3.8) is 0 Å². The molecular formula is C10H17ClN4O. The molecule has 0 amide bonds. The van der Waals surface area contributed by atoms with Crippen LogP contribution in [0.25, 0.3) is 0 Å². The molecule has 0 aromatic carbocycles. The summed E-state index contributed by atoms with van der Waals surface area (Å²) in [6.07, 6.45) is 1.82. The van der Waals surface area contributed by atoms with Crippen LogP contribution in [0.15, 0.2) is 6.20 Å². The minimum atomic E-state index is -0.355. The molecule has 0 spiro atoms. The molecule has 1 aromatic heterocycles. The summed E-state index contributed by atoms with van der Waals surface area (Å²) < 4.78 is 0. The highest BCUT2D eigenvalue weighted by molar-refractivity contribution is 6.32. The summed E-state index contributed by atoms with van der Waals surface area (Å²) in [5.74, 6) is 1.09. The van der Waals surface area contributed by atoms with E-state index in [0.29, 0.717) is 23.2 Å². The molecule has 1 aromatic rings. The maximum atomic E-state index is 9.25. The second kappa shape index (κ2) is 5.86. The Kier molecular flexibility index (Phi) is 4.76. The van der Waals surface area contributed by atoms with Gasteiger partial charge in [0.1, 0.15) is 5.02 Å². The van der Waals surface area contributed by atoms with Gasteiger partial charge in [-0.25, -0.2) is 4.98 Å². The average Bonchev–Trinajstić information content (AvgIpc) is 2.20. The standard InChI is InChI=1S/C10H17ClN4O/c1-6(4-7(2)16)14-9-8(11)5-13-10(12-3)15-9/h5-7,16H,4H2,1-3H3,(H2,12,13,14,15). The van der Waals surface area contributed by atoms with Gasteiger partial charge in [0, 0.05) is 13.1 Å². The van der Waals surface area contributed by atoms with Crippen LogP contribution in [0.2, 0.25) is 5.02 Å². The highest BCUT2D eigenvalue weighted by Gasteiger charge is 2.10. The summed E-state index contributed by atoms with van der Waals surface area (Å²) in [5, 5.41) is 15.7. The SMILES string of the molecule is CNc1ncc(Cl)c(NC(C)CC(C)O)n1. The molecule has 2 unspecified atom stereocenters. The van der Waals surface area contributed by atoms with Gasteiger partial charge in [-0.1, -0.05) is 11.6 Å². The number of aliphatic hydroxyl groups excluding tert-OH is 1. The summed E-state index contributed by atoms with van der Waals surface area (Å²) in [7, 11) is 1.74. The Hall–Kier alpha value is -1.07. The molecule has 5 nitrogen and oxygen atoms in total. The maximum absolute atomic E-state index is 9.25. The molecule has 0 bridgehead atoms. The Morgan fingerprint density at radius 3 is 2.75 bits per heavy atom. The highest BCUT2D eigenvalue weighted by Crippen LogP contribution is 2.20. The molecule has 0 saturated heterocycles. The van der Waals surface area contributed by atoms with E-state index in [2.05, 4.69) is 20.6 Å². The second-order valence-corrected chi connectivity index (χ2v) is 4.18. The van der Waals surface area contributed by atoms with Crippen molar-refractivity contribution in [2.75, 3.05) is 17.7 Å². The van der Waals surface area contributed by atoms with Crippen LogP contribution in [0.4, 0.5) is 11.8 Å². The van der Waals surface area contributed by atoms with Gasteiger partial charge in [0.2, 0.25) is 5.95 Å². The van der Waals surface area contributed by atoms with Gasteiger partial charge in [-0.2, -0.15) is 4.98 Å². The molecule has 16 heavy (non-hydrogen) atoms. The van der Waals surface area contributed by atoms with Crippen LogP contribution in [0, 0.1) is 0 Å². The van der Waals surface area contributed by atoms with E-state index in [9.17, 15) is 5.11 Å². The normalized spacial score (nSPS) is 14.3. The minimum absolute atomic E-state index is 0.0945. The van der Waals surface area contributed by atoms with E-state index in [1.54, 1.807) is 14.0 Å². The number of aromatic nitrogens is 2. The van der Waals surface area contributed by atoms with E-state index >= 15 is 0 Å². The molecule has 0 aliphatic rings. The van der Waals surface area contributed by atoms with Crippen LogP contribution in [0.1, 0.15) is 20.3 Å². The topological polar surface area (TPSA) is 70.1 Å². The fraction of sp³-hybridized carbons (Fsp3) is 0.600. The van der Waals surface area contributed by atoms with Gasteiger partial charge < -0.3 is 15.7 Å². The van der Waals surface area contributed by atoms with E-state index < -0.39 is 0 Å². The fourth-order valence-corrected chi connectivity index (χ4v) is 1.54. The Labute approximate surface area is 100 Å².